The Morgan fingerprint density at radius 2 is 1.93 bits per heavy atom. The molecule has 1 spiro atoms. The van der Waals surface area contributed by atoms with E-state index >= 15 is 0 Å². The molecule has 2 fully saturated rings. The standard InChI is InChI=1S/C26H31F3N4O6S/c27-26(28,29)8-13-39-24-22-17(3-12-38-22)15-20(31-24)23(35)30-19-2-1-18(32-40(36,37)14-11-34)16-21(19)33-9-6-25(4-5-25)7-10-33/h1-2,15-16,32,34H,3-14H2,(H,30,35). The number of aromatic nitrogens is 1. The van der Waals surface area contributed by atoms with E-state index in [1.54, 1.807) is 12.1 Å². The van der Waals surface area contributed by atoms with Gasteiger partial charge in [0.1, 0.15) is 5.69 Å². The predicted molar refractivity (Wildman–Crippen MR) is 142 cm³/mol. The van der Waals surface area contributed by atoms with Crippen LogP contribution in [0.3, 0.4) is 0 Å². The number of nitrogens with zero attached hydrogens (tertiary/aromatic N) is 2. The van der Waals surface area contributed by atoms with Gasteiger partial charge < -0.3 is 24.8 Å². The average Bonchev–Trinajstić information content (AvgIpc) is 3.45. The third kappa shape index (κ3) is 6.72. The molecule has 1 aromatic carbocycles. The molecule has 1 amide bonds. The first kappa shape index (κ1) is 28.3. The number of sulfonamides is 1. The van der Waals surface area contributed by atoms with Crippen molar-refractivity contribution in [3.8, 4) is 11.6 Å². The van der Waals surface area contributed by atoms with Crippen LogP contribution >= 0.6 is 0 Å². The highest BCUT2D eigenvalue weighted by atomic mass is 32.2. The number of piperidine rings is 1. The zero-order valence-corrected chi connectivity index (χ0v) is 22.5. The molecule has 3 aliphatic rings. The maximum absolute atomic E-state index is 13.3. The summed E-state index contributed by atoms with van der Waals surface area (Å²) in [6, 6.07) is 6.27. The molecule has 5 rings (SSSR count). The molecule has 0 unspecified atom stereocenters. The van der Waals surface area contributed by atoms with Crippen molar-refractivity contribution >= 4 is 33.0 Å². The van der Waals surface area contributed by atoms with E-state index in [1.165, 1.54) is 25.0 Å². The molecule has 2 aromatic rings. The highest BCUT2D eigenvalue weighted by molar-refractivity contribution is 7.92. The molecule has 1 aromatic heterocycles. The normalized spacial score (nSPS) is 17.8. The highest BCUT2D eigenvalue weighted by Gasteiger charge is 2.44. The maximum Gasteiger partial charge on any atom is 0.392 e. The summed E-state index contributed by atoms with van der Waals surface area (Å²) in [4.78, 5) is 19.6. The third-order valence-corrected chi connectivity index (χ3v) is 8.76. The first-order valence-corrected chi connectivity index (χ1v) is 14.8. The third-order valence-electron chi connectivity index (χ3n) is 7.49. The maximum atomic E-state index is 13.3. The fraction of sp³-hybridized carbons (Fsp3) is 0.538. The Balaban J connectivity index is 1.39. The molecule has 0 atom stereocenters. The number of amides is 1. The van der Waals surface area contributed by atoms with Gasteiger partial charge in [-0.25, -0.2) is 13.4 Å². The summed E-state index contributed by atoms with van der Waals surface area (Å²) >= 11 is 0. The van der Waals surface area contributed by atoms with Gasteiger partial charge in [0, 0.05) is 25.1 Å². The van der Waals surface area contributed by atoms with Crippen LogP contribution in [0.4, 0.5) is 30.2 Å². The number of anilines is 3. The van der Waals surface area contributed by atoms with Crippen molar-refractivity contribution in [1.29, 1.82) is 0 Å². The summed E-state index contributed by atoms with van der Waals surface area (Å²) in [7, 11) is -3.76. The number of fused-ring (bicyclic) bond motifs is 1. The Kier molecular flexibility index (Phi) is 7.75. The van der Waals surface area contributed by atoms with E-state index in [0.717, 1.165) is 25.9 Å². The molecule has 2 aliphatic heterocycles. The lowest BCUT2D eigenvalue weighted by molar-refractivity contribution is -0.139. The summed E-state index contributed by atoms with van der Waals surface area (Å²) < 4.78 is 75.6. The van der Waals surface area contributed by atoms with E-state index in [0.29, 0.717) is 41.1 Å². The zero-order valence-electron chi connectivity index (χ0n) is 21.7. The minimum atomic E-state index is -4.40. The van der Waals surface area contributed by atoms with Crippen LogP contribution in [0.5, 0.6) is 11.6 Å². The van der Waals surface area contributed by atoms with E-state index in [9.17, 15) is 26.4 Å². The Labute approximate surface area is 229 Å². The molecular formula is C26H31F3N4O6S. The lowest BCUT2D eigenvalue weighted by atomic mass is 9.93. The van der Waals surface area contributed by atoms with Gasteiger partial charge in [-0.2, -0.15) is 13.2 Å². The second-order valence-electron chi connectivity index (χ2n) is 10.4. The minimum Gasteiger partial charge on any atom is -0.487 e. The van der Waals surface area contributed by atoms with Crippen molar-refractivity contribution in [2.24, 2.45) is 5.41 Å². The molecule has 1 saturated heterocycles. The number of hydrogen-bond acceptors (Lipinski definition) is 8. The number of hydrogen-bond donors (Lipinski definition) is 3. The Morgan fingerprint density at radius 3 is 2.60 bits per heavy atom. The second kappa shape index (κ2) is 11.0. The number of pyridine rings is 1. The molecule has 0 radical (unpaired) electrons. The van der Waals surface area contributed by atoms with Crippen LogP contribution in [-0.2, 0) is 16.4 Å². The lowest BCUT2D eigenvalue weighted by Gasteiger charge is -2.35. The number of ether oxygens (including phenoxy) is 2. The van der Waals surface area contributed by atoms with Crippen molar-refractivity contribution in [1.82, 2.24) is 4.98 Å². The molecular weight excluding hydrogens is 553 g/mol. The molecule has 3 N–H and O–H groups in total. The van der Waals surface area contributed by atoms with E-state index in [-0.39, 0.29) is 17.3 Å². The number of aliphatic hydroxyl groups excluding tert-OH is 1. The lowest BCUT2D eigenvalue weighted by Crippen LogP contribution is -2.35. The van der Waals surface area contributed by atoms with Crippen molar-refractivity contribution in [3.05, 3.63) is 35.5 Å². The number of aliphatic hydroxyl groups is 1. The van der Waals surface area contributed by atoms with Crippen molar-refractivity contribution in [3.63, 3.8) is 0 Å². The van der Waals surface area contributed by atoms with Crippen LogP contribution < -0.4 is 24.4 Å². The van der Waals surface area contributed by atoms with Crippen LogP contribution in [-0.4, -0.2) is 69.3 Å². The molecule has 1 aliphatic carbocycles. The van der Waals surface area contributed by atoms with Crippen LogP contribution in [0.2, 0.25) is 0 Å². The summed E-state index contributed by atoms with van der Waals surface area (Å²) in [5.41, 5.74) is 2.31. The number of halogens is 3. The molecule has 14 heteroatoms. The molecule has 0 bridgehead atoms. The summed E-state index contributed by atoms with van der Waals surface area (Å²) in [5.74, 6) is -0.972. The van der Waals surface area contributed by atoms with E-state index in [2.05, 4.69) is 19.9 Å². The van der Waals surface area contributed by atoms with Crippen LogP contribution in [0.15, 0.2) is 24.3 Å². The Hall–Kier alpha value is -3.26. The van der Waals surface area contributed by atoms with Gasteiger partial charge in [-0.1, -0.05) is 0 Å². The summed E-state index contributed by atoms with van der Waals surface area (Å²) in [6.45, 7) is 0.589. The van der Waals surface area contributed by atoms with Crippen molar-refractivity contribution in [2.45, 2.75) is 44.7 Å². The van der Waals surface area contributed by atoms with Gasteiger partial charge in [0.15, 0.2) is 5.75 Å². The number of alkyl halides is 3. The largest absolute Gasteiger partial charge is 0.487 e. The van der Waals surface area contributed by atoms with Gasteiger partial charge in [-0.15, -0.1) is 0 Å². The summed E-state index contributed by atoms with van der Waals surface area (Å²) in [6.07, 6.45) is -0.732. The number of rotatable bonds is 10. The Bertz CT molecular complexity index is 1370. The number of benzene rings is 1. The van der Waals surface area contributed by atoms with Crippen LogP contribution in [0.25, 0.3) is 0 Å². The molecule has 1 saturated carbocycles. The molecule has 40 heavy (non-hydrogen) atoms. The topological polar surface area (TPSA) is 130 Å². The van der Waals surface area contributed by atoms with E-state index < -0.39 is 47.5 Å². The number of carbonyl (C=O) groups is 1. The first-order chi connectivity index (χ1) is 19.0. The quantitative estimate of drug-likeness (QED) is 0.386. The minimum absolute atomic E-state index is 0.0412. The fourth-order valence-electron chi connectivity index (χ4n) is 5.04. The number of carbonyl (C=O) groups excluding carboxylic acids is 1. The average molecular weight is 585 g/mol. The van der Waals surface area contributed by atoms with Crippen molar-refractivity contribution in [2.75, 3.05) is 53.6 Å². The van der Waals surface area contributed by atoms with Gasteiger partial charge >= 0.3 is 6.18 Å². The Morgan fingerprint density at radius 1 is 1.18 bits per heavy atom. The van der Waals surface area contributed by atoms with Gasteiger partial charge in [-0.3, -0.25) is 9.52 Å². The second-order valence-corrected chi connectivity index (χ2v) is 12.3. The predicted octanol–water partition coefficient (Wildman–Crippen LogP) is 3.71. The number of nitrogens with one attached hydrogen (secondary N) is 2. The van der Waals surface area contributed by atoms with Gasteiger partial charge in [0.05, 0.1) is 49.1 Å². The molecule has 218 valence electrons. The SMILES string of the molecule is O=C(Nc1ccc(NS(=O)(=O)CCO)cc1N1CCC2(CC1)CC2)c1cc2c(c(OCCC(F)(F)F)n1)OCC2. The van der Waals surface area contributed by atoms with Gasteiger partial charge in [-0.05, 0) is 55.4 Å². The van der Waals surface area contributed by atoms with Gasteiger partial charge in [0.2, 0.25) is 10.0 Å². The molecule has 3 heterocycles. The zero-order chi connectivity index (χ0) is 28.5. The van der Waals surface area contributed by atoms with Gasteiger partial charge in [0.25, 0.3) is 11.8 Å². The smallest absolute Gasteiger partial charge is 0.392 e. The van der Waals surface area contributed by atoms with Crippen LogP contribution in [0, 0.1) is 5.41 Å². The van der Waals surface area contributed by atoms with Crippen LogP contribution in [0.1, 0.15) is 48.2 Å². The molecule has 10 nitrogen and oxygen atoms in total. The highest BCUT2D eigenvalue weighted by Crippen LogP contribution is 2.54. The summed E-state index contributed by atoms with van der Waals surface area (Å²) in [5, 5.41) is 11.9. The van der Waals surface area contributed by atoms with E-state index in [4.69, 9.17) is 14.6 Å². The van der Waals surface area contributed by atoms with Crippen molar-refractivity contribution < 1.29 is 41.0 Å². The van der Waals surface area contributed by atoms with E-state index in [1.807, 2.05) is 0 Å². The monoisotopic (exact) mass is 584 g/mol. The fourth-order valence-corrected chi connectivity index (χ4v) is 5.87. The first-order valence-electron chi connectivity index (χ1n) is 13.1.